The molecule has 6 nitrogen and oxygen atoms in total. The Morgan fingerprint density at radius 1 is 1.30 bits per heavy atom. The number of hydrogen-bond acceptors (Lipinski definition) is 5. The Labute approximate surface area is 166 Å². The molecule has 0 amide bonds. The Hall–Kier alpha value is -1.37. The van der Waals surface area contributed by atoms with Crippen molar-refractivity contribution in [3.8, 4) is 0 Å². The van der Waals surface area contributed by atoms with Gasteiger partial charge in [-0.1, -0.05) is 11.6 Å². The summed E-state index contributed by atoms with van der Waals surface area (Å²) in [5.41, 5.74) is 0.859. The van der Waals surface area contributed by atoms with E-state index in [-0.39, 0.29) is 22.2 Å². The fourth-order valence-corrected chi connectivity index (χ4v) is 4.67. The Bertz CT molecular complexity index is 654. The Balaban J connectivity index is 1.55. The van der Waals surface area contributed by atoms with Crippen LogP contribution in [0.25, 0.3) is 0 Å². The summed E-state index contributed by atoms with van der Waals surface area (Å²) in [7, 11) is 0. The monoisotopic (exact) mass is 395 g/mol. The summed E-state index contributed by atoms with van der Waals surface area (Å²) in [6.07, 6.45) is 7.01. The molecule has 1 saturated carbocycles. The van der Waals surface area contributed by atoms with Crippen LogP contribution in [0.15, 0.2) is 18.2 Å². The van der Waals surface area contributed by atoms with Gasteiger partial charge in [0.15, 0.2) is 0 Å². The quantitative estimate of drug-likeness (QED) is 0.550. The summed E-state index contributed by atoms with van der Waals surface area (Å²) >= 11 is 6.04. The standard InChI is InChI=1S/C20H30ClN3O3/c1-3-27-17-6-10-20(2,11-7-17)23-12-8-16(9-13-23)22-18-14-15(21)4-5-19(18)24(25)26/h4-5,14,16-17,22H,3,6-13H2,1-2H3. The van der Waals surface area contributed by atoms with E-state index < -0.39 is 0 Å². The van der Waals surface area contributed by atoms with Crippen molar-refractivity contribution in [1.82, 2.24) is 4.90 Å². The molecule has 7 heteroatoms. The molecule has 0 radical (unpaired) electrons. The van der Waals surface area contributed by atoms with Gasteiger partial charge in [0.1, 0.15) is 5.69 Å². The lowest BCUT2D eigenvalue weighted by Gasteiger charge is -2.48. The van der Waals surface area contributed by atoms with E-state index in [1.165, 1.54) is 18.9 Å². The van der Waals surface area contributed by atoms with E-state index in [0.29, 0.717) is 16.8 Å². The molecule has 150 valence electrons. The smallest absolute Gasteiger partial charge is 0.292 e. The number of nitro benzene ring substituents is 1. The molecular formula is C20H30ClN3O3. The molecule has 3 rings (SSSR count). The number of likely N-dealkylation sites (tertiary alicyclic amines) is 1. The molecule has 1 aromatic rings. The summed E-state index contributed by atoms with van der Waals surface area (Å²) in [5, 5.41) is 15.1. The van der Waals surface area contributed by atoms with Gasteiger partial charge in [0.2, 0.25) is 0 Å². The van der Waals surface area contributed by atoms with Crippen LogP contribution in [-0.4, -0.2) is 47.2 Å². The molecule has 0 bridgehead atoms. The van der Waals surface area contributed by atoms with Crippen molar-refractivity contribution in [2.45, 2.75) is 70.1 Å². The maximum atomic E-state index is 11.3. The first-order valence-electron chi connectivity index (χ1n) is 9.98. The number of hydrogen-bond donors (Lipinski definition) is 1. The van der Waals surface area contributed by atoms with Gasteiger partial charge in [0.05, 0.1) is 11.0 Å². The third-order valence-corrected chi connectivity index (χ3v) is 6.42. The summed E-state index contributed by atoms with van der Waals surface area (Å²) in [6.45, 7) is 7.28. The average Bonchev–Trinajstić information content (AvgIpc) is 2.64. The van der Waals surface area contributed by atoms with Gasteiger partial charge in [-0.2, -0.15) is 0 Å². The van der Waals surface area contributed by atoms with Crippen LogP contribution in [0.4, 0.5) is 11.4 Å². The predicted molar refractivity (Wildman–Crippen MR) is 109 cm³/mol. The second-order valence-corrected chi connectivity index (χ2v) is 8.41. The number of nitro groups is 1. The number of benzene rings is 1. The maximum Gasteiger partial charge on any atom is 0.292 e. The maximum absolute atomic E-state index is 11.3. The first-order chi connectivity index (χ1) is 12.9. The number of piperidine rings is 1. The number of nitrogens with zero attached hydrogens (tertiary/aromatic N) is 2. The first-order valence-corrected chi connectivity index (χ1v) is 10.4. The van der Waals surface area contributed by atoms with E-state index in [1.54, 1.807) is 12.1 Å². The Morgan fingerprint density at radius 3 is 2.56 bits per heavy atom. The summed E-state index contributed by atoms with van der Waals surface area (Å²) in [6, 6.07) is 4.93. The third-order valence-electron chi connectivity index (χ3n) is 6.19. The highest BCUT2D eigenvalue weighted by Crippen LogP contribution is 2.37. The van der Waals surface area contributed by atoms with E-state index in [1.807, 2.05) is 0 Å². The van der Waals surface area contributed by atoms with Crippen molar-refractivity contribution >= 4 is 23.0 Å². The van der Waals surface area contributed by atoms with E-state index in [9.17, 15) is 10.1 Å². The summed E-state index contributed by atoms with van der Waals surface area (Å²) < 4.78 is 5.79. The minimum atomic E-state index is -0.356. The molecule has 1 aliphatic heterocycles. The van der Waals surface area contributed by atoms with Crippen molar-refractivity contribution in [1.29, 1.82) is 0 Å². The van der Waals surface area contributed by atoms with E-state index >= 15 is 0 Å². The van der Waals surface area contributed by atoms with E-state index in [0.717, 1.165) is 45.4 Å². The zero-order valence-electron chi connectivity index (χ0n) is 16.2. The summed E-state index contributed by atoms with van der Waals surface area (Å²) in [4.78, 5) is 13.5. The fraction of sp³-hybridized carbons (Fsp3) is 0.700. The molecule has 2 aliphatic rings. The Kier molecular flexibility index (Phi) is 6.61. The SMILES string of the molecule is CCOC1CCC(C)(N2CCC(Nc3cc(Cl)ccc3[N+](=O)[O-])CC2)CC1. The minimum Gasteiger partial charge on any atom is -0.379 e. The van der Waals surface area contributed by atoms with Crippen LogP contribution in [0.2, 0.25) is 5.02 Å². The van der Waals surface area contributed by atoms with E-state index in [2.05, 4.69) is 24.1 Å². The highest BCUT2D eigenvalue weighted by molar-refractivity contribution is 6.31. The minimum absolute atomic E-state index is 0.0861. The number of nitrogens with one attached hydrogen (secondary N) is 1. The molecule has 2 fully saturated rings. The van der Waals surface area contributed by atoms with E-state index in [4.69, 9.17) is 16.3 Å². The van der Waals surface area contributed by atoms with Crippen molar-refractivity contribution in [3.63, 3.8) is 0 Å². The topological polar surface area (TPSA) is 67.6 Å². The number of ether oxygens (including phenoxy) is 1. The lowest BCUT2D eigenvalue weighted by atomic mass is 9.79. The lowest BCUT2D eigenvalue weighted by molar-refractivity contribution is -0.384. The van der Waals surface area contributed by atoms with Crippen LogP contribution in [0, 0.1) is 10.1 Å². The molecule has 1 N–H and O–H groups in total. The van der Waals surface area contributed by atoms with Gasteiger partial charge in [-0.3, -0.25) is 15.0 Å². The Morgan fingerprint density at radius 2 is 1.96 bits per heavy atom. The van der Waals surface area contributed by atoms with Crippen LogP contribution >= 0.6 is 11.6 Å². The van der Waals surface area contributed by atoms with Gasteiger partial charge in [0.25, 0.3) is 5.69 Å². The number of rotatable bonds is 6. The lowest BCUT2D eigenvalue weighted by Crippen LogP contribution is -2.53. The number of halogens is 1. The predicted octanol–water partition coefficient (Wildman–Crippen LogP) is 4.86. The summed E-state index contributed by atoms with van der Waals surface area (Å²) in [5.74, 6) is 0. The van der Waals surface area contributed by atoms with Gasteiger partial charge in [-0.05, 0) is 64.5 Å². The zero-order valence-corrected chi connectivity index (χ0v) is 17.0. The molecule has 1 aromatic carbocycles. The van der Waals surface area contributed by atoms with Gasteiger partial charge < -0.3 is 10.1 Å². The van der Waals surface area contributed by atoms with Crippen molar-refractivity contribution < 1.29 is 9.66 Å². The molecule has 0 unspecified atom stereocenters. The van der Waals surface area contributed by atoms with Crippen LogP contribution in [0.1, 0.15) is 52.4 Å². The molecule has 27 heavy (non-hydrogen) atoms. The van der Waals surface area contributed by atoms with Crippen molar-refractivity contribution in [2.75, 3.05) is 25.0 Å². The highest BCUT2D eigenvalue weighted by Gasteiger charge is 2.38. The van der Waals surface area contributed by atoms with Crippen molar-refractivity contribution in [3.05, 3.63) is 33.3 Å². The third kappa shape index (κ3) is 4.92. The molecule has 1 heterocycles. The molecule has 0 aromatic heterocycles. The molecular weight excluding hydrogens is 366 g/mol. The van der Waals surface area contributed by atoms with Crippen LogP contribution < -0.4 is 5.32 Å². The van der Waals surface area contributed by atoms with Gasteiger partial charge in [-0.25, -0.2) is 0 Å². The highest BCUT2D eigenvalue weighted by atomic mass is 35.5. The van der Waals surface area contributed by atoms with Gasteiger partial charge in [0, 0.05) is 42.4 Å². The molecule has 0 spiro atoms. The van der Waals surface area contributed by atoms with Crippen LogP contribution in [0.5, 0.6) is 0 Å². The molecule has 1 aliphatic carbocycles. The van der Waals surface area contributed by atoms with Gasteiger partial charge in [-0.15, -0.1) is 0 Å². The number of anilines is 1. The van der Waals surface area contributed by atoms with Gasteiger partial charge >= 0.3 is 0 Å². The average molecular weight is 396 g/mol. The van der Waals surface area contributed by atoms with Crippen molar-refractivity contribution in [2.24, 2.45) is 0 Å². The first kappa shape index (κ1) is 20.4. The van der Waals surface area contributed by atoms with Crippen LogP contribution in [-0.2, 0) is 4.74 Å². The second-order valence-electron chi connectivity index (χ2n) is 7.98. The second kappa shape index (κ2) is 8.76. The largest absolute Gasteiger partial charge is 0.379 e. The normalized spacial score (nSPS) is 27.4. The fourth-order valence-electron chi connectivity index (χ4n) is 4.50. The molecule has 1 saturated heterocycles. The molecule has 0 atom stereocenters. The van der Waals surface area contributed by atoms with Crippen LogP contribution in [0.3, 0.4) is 0 Å². The zero-order chi connectivity index (χ0) is 19.4.